The quantitative estimate of drug-likeness (QED) is 0.836. The van der Waals surface area contributed by atoms with Crippen LogP contribution in [0.3, 0.4) is 0 Å². The molecular weight excluding hydrogens is 377 g/mol. The standard InChI is InChI=1S/C18H19F3N4O3/c19-18(20,21)14-3-1-2-13(10-14)11-23-6-8-24(9-7-23)16(26)12-25-5-4-15(22-25)17(27)28/h1-5,10H,6-9,11-12H2,(H,27,28). The van der Waals surface area contributed by atoms with Crippen LogP contribution in [-0.2, 0) is 24.1 Å². The second kappa shape index (κ2) is 8.01. The molecule has 2 aromatic rings. The van der Waals surface area contributed by atoms with Gasteiger partial charge in [-0.15, -0.1) is 0 Å². The van der Waals surface area contributed by atoms with E-state index in [2.05, 4.69) is 5.10 Å². The topological polar surface area (TPSA) is 78.7 Å². The fourth-order valence-corrected chi connectivity index (χ4v) is 3.06. The minimum atomic E-state index is -4.37. The molecule has 1 saturated heterocycles. The Morgan fingerprint density at radius 2 is 1.82 bits per heavy atom. The van der Waals surface area contributed by atoms with Crippen LogP contribution < -0.4 is 0 Å². The maximum atomic E-state index is 12.8. The molecular formula is C18H19F3N4O3. The summed E-state index contributed by atoms with van der Waals surface area (Å²) in [5.74, 6) is -1.34. The Balaban J connectivity index is 1.51. The number of carbonyl (C=O) groups is 2. The average Bonchev–Trinajstić information content (AvgIpc) is 3.11. The number of rotatable bonds is 5. The summed E-state index contributed by atoms with van der Waals surface area (Å²) in [6, 6.07) is 6.57. The Bertz CT molecular complexity index is 858. The summed E-state index contributed by atoms with van der Waals surface area (Å²) >= 11 is 0. The summed E-state index contributed by atoms with van der Waals surface area (Å²) in [7, 11) is 0. The fourth-order valence-electron chi connectivity index (χ4n) is 3.06. The highest BCUT2D eigenvalue weighted by molar-refractivity contribution is 5.85. The van der Waals surface area contributed by atoms with Gasteiger partial charge in [-0.3, -0.25) is 14.4 Å². The van der Waals surface area contributed by atoms with E-state index in [9.17, 15) is 22.8 Å². The summed E-state index contributed by atoms with van der Waals surface area (Å²) in [5.41, 5.74) is -0.218. The third-order valence-electron chi connectivity index (χ3n) is 4.54. The normalized spacial score (nSPS) is 15.6. The minimum Gasteiger partial charge on any atom is -0.476 e. The van der Waals surface area contributed by atoms with Crippen molar-refractivity contribution < 1.29 is 27.9 Å². The van der Waals surface area contributed by atoms with Crippen LogP contribution in [0.5, 0.6) is 0 Å². The van der Waals surface area contributed by atoms with E-state index in [4.69, 9.17) is 5.11 Å². The van der Waals surface area contributed by atoms with Crippen molar-refractivity contribution in [2.75, 3.05) is 26.2 Å². The van der Waals surface area contributed by atoms with Crippen LogP contribution >= 0.6 is 0 Å². The van der Waals surface area contributed by atoms with E-state index in [1.165, 1.54) is 23.0 Å². The molecule has 10 heteroatoms. The van der Waals surface area contributed by atoms with Crippen molar-refractivity contribution in [3.63, 3.8) is 0 Å². The van der Waals surface area contributed by atoms with E-state index in [1.54, 1.807) is 11.0 Å². The van der Waals surface area contributed by atoms with Gasteiger partial charge in [0.1, 0.15) is 6.54 Å². The lowest BCUT2D eigenvalue weighted by Gasteiger charge is -2.34. The SMILES string of the molecule is O=C(O)c1ccn(CC(=O)N2CCN(Cc3cccc(C(F)(F)F)c3)CC2)n1. The van der Waals surface area contributed by atoms with E-state index in [1.807, 2.05) is 4.90 Å². The monoisotopic (exact) mass is 396 g/mol. The number of aromatic carboxylic acids is 1. The van der Waals surface area contributed by atoms with Crippen LogP contribution in [0.1, 0.15) is 21.6 Å². The number of aromatic nitrogens is 2. The van der Waals surface area contributed by atoms with Gasteiger partial charge >= 0.3 is 12.1 Å². The smallest absolute Gasteiger partial charge is 0.416 e. The molecule has 3 rings (SSSR count). The number of benzene rings is 1. The zero-order valence-corrected chi connectivity index (χ0v) is 14.9. The maximum Gasteiger partial charge on any atom is 0.416 e. The number of hydrogen-bond donors (Lipinski definition) is 1. The Morgan fingerprint density at radius 1 is 1.11 bits per heavy atom. The molecule has 1 fully saturated rings. The Hall–Kier alpha value is -2.88. The third-order valence-corrected chi connectivity index (χ3v) is 4.54. The highest BCUT2D eigenvalue weighted by atomic mass is 19.4. The van der Waals surface area contributed by atoms with Crippen molar-refractivity contribution in [1.82, 2.24) is 19.6 Å². The number of piperazine rings is 1. The molecule has 0 radical (unpaired) electrons. The van der Waals surface area contributed by atoms with Gasteiger partial charge in [-0.05, 0) is 17.7 Å². The molecule has 2 heterocycles. The molecule has 1 N–H and O–H groups in total. The summed E-state index contributed by atoms with van der Waals surface area (Å²) < 4.78 is 39.7. The highest BCUT2D eigenvalue weighted by Crippen LogP contribution is 2.29. The van der Waals surface area contributed by atoms with Crippen LogP contribution in [0.4, 0.5) is 13.2 Å². The lowest BCUT2D eigenvalue weighted by atomic mass is 10.1. The molecule has 150 valence electrons. The van der Waals surface area contributed by atoms with E-state index in [0.29, 0.717) is 38.3 Å². The van der Waals surface area contributed by atoms with Crippen molar-refractivity contribution in [3.05, 3.63) is 53.3 Å². The van der Waals surface area contributed by atoms with Crippen molar-refractivity contribution in [2.45, 2.75) is 19.3 Å². The largest absolute Gasteiger partial charge is 0.476 e. The number of carbonyl (C=O) groups excluding carboxylic acids is 1. The number of hydrogen-bond acceptors (Lipinski definition) is 4. The van der Waals surface area contributed by atoms with Crippen molar-refractivity contribution >= 4 is 11.9 Å². The van der Waals surface area contributed by atoms with Gasteiger partial charge in [-0.1, -0.05) is 18.2 Å². The molecule has 0 unspecified atom stereocenters. The molecule has 1 aliphatic rings. The van der Waals surface area contributed by atoms with E-state index in [-0.39, 0.29) is 18.1 Å². The van der Waals surface area contributed by atoms with Crippen molar-refractivity contribution in [1.29, 1.82) is 0 Å². The molecule has 0 saturated carbocycles. The van der Waals surface area contributed by atoms with Gasteiger partial charge in [0.2, 0.25) is 5.91 Å². The Kier molecular flexibility index (Phi) is 5.68. The first-order valence-corrected chi connectivity index (χ1v) is 8.65. The zero-order chi connectivity index (χ0) is 20.3. The highest BCUT2D eigenvalue weighted by Gasteiger charge is 2.30. The Morgan fingerprint density at radius 3 is 2.43 bits per heavy atom. The second-order valence-corrected chi connectivity index (χ2v) is 6.56. The van der Waals surface area contributed by atoms with Crippen LogP contribution in [0.2, 0.25) is 0 Å². The second-order valence-electron chi connectivity index (χ2n) is 6.56. The molecule has 0 atom stereocenters. The van der Waals surface area contributed by atoms with Crippen LogP contribution in [-0.4, -0.2) is 62.7 Å². The number of alkyl halides is 3. The molecule has 0 spiro atoms. The van der Waals surface area contributed by atoms with E-state index in [0.717, 1.165) is 12.1 Å². The molecule has 7 nitrogen and oxygen atoms in total. The number of carboxylic acid groups (broad SMARTS) is 1. The van der Waals surface area contributed by atoms with Crippen LogP contribution in [0.15, 0.2) is 36.5 Å². The van der Waals surface area contributed by atoms with Crippen molar-refractivity contribution in [2.24, 2.45) is 0 Å². The average molecular weight is 396 g/mol. The third kappa shape index (κ3) is 4.89. The lowest BCUT2D eigenvalue weighted by molar-refractivity contribution is -0.138. The first-order valence-electron chi connectivity index (χ1n) is 8.65. The summed E-state index contributed by atoms with van der Waals surface area (Å²) in [5, 5.41) is 12.7. The van der Waals surface area contributed by atoms with Crippen LogP contribution in [0, 0.1) is 0 Å². The van der Waals surface area contributed by atoms with Gasteiger partial charge in [0.25, 0.3) is 0 Å². The van der Waals surface area contributed by atoms with Gasteiger partial charge in [0.15, 0.2) is 5.69 Å². The molecule has 1 aromatic heterocycles. The molecule has 1 amide bonds. The minimum absolute atomic E-state index is 0.0547. The van der Waals surface area contributed by atoms with Gasteiger partial charge in [0, 0.05) is 38.9 Å². The predicted molar refractivity (Wildman–Crippen MR) is 92.5 cm³/mol. The first kappa shape index (κ1) is 19.9. The molecule has 0 aliphatic carbocycles. The number of halogens is 3. The van der Waals surface area contributed by atoms with Crippen LogP contribution in [0.25, 0.3) is 0 Å². The lowest BCUT2D eigenvalue weighted by Crippen LogP contribution is -2.49. The number of nitrogens with zero attached hydrogens (tertiary/aromatic N) is 4. The molecule has 1 aliphatic heterocycles. The first-order chi connectivity index (χ1) is 13.2. The van der Waals surface area contributed by atoms with Gasteiger partial charge in [0.05, 0.1) is 5.56 Å². The van der Waals surface area contributed by atoms with E-state index >= 15 is 0 Å². The fraction of sp³-hybridized carbons (Fsp3) is 0.389. The number of amides is 1. The Labute approximate surface area is 159 Å². The zero-order valence-electron chi connectivity index (χ0n) is 14.9. The summed E-state index contributed by atoms with van der Waals surface area (Å²) in [6.45, 7) is 2.31. The molecule has 0 bridgehead atoms. The summed E-state index contributed by atoms with van der Waals surface area (Å²) in [4.78, 5) is 26.8. The van der Waals surface area contributed by atoms with E-state index < -0.39 is 17.7 Å². The van der Waals surface area contributed by atoms with Gasteiger partial charge in [-0.25, -0.2) is 4.79 Å². The maximum absolute atomic E-state index is 12.8. The van der Waals surface area contributed by atoms with Gasteiger partial charge < -0.3 is 10.0 Å². The molecule has 1 aromatic carbocycles. The van der Waals surface area contributed by atoms with Gasteiger partial charge in [-0.2, -0.15) is 18.3 Å². The number of carboxylic acids is 1. The predicted octanol–water partition coefficient (Wildman–Crippen LogP) is 1.94. The van der Waals surface area contributed by atoms with Crippen molar-refractivity contribution in [3.8, 4) is 0 Å². The summed E-state index contributed by atoms with van der Waals surface area (Å²) in [6.07, 6.45) is -2.93. The molecule has 28 heavy (non-hydrogen) atoms.